The van der Waals surface area contributed by atoms with E-state index in [0.717, 1.165) is 18.8 Å². The third kappa shape index (κ3) is 4.05. The van der Waals surface area contributed by atoms with Crippen molar-refractivity contribution in [3.8, 4) is 0 Å². The van der Waals surface area contributed by atoms with E-state index in [2.05, 4.69) is 15.3 Å². The second-order valence-corrected chi connectivity index (χ2v) is 4.18. The molecule has 0 aromatic carbocycles. The van der Waals surface area contributed by atoms with Crippen LogP contribution in [0.1, 0.15) is 22.8 Å². The van der Waals surface area contributed by atoms with Crippen molar-refractivity contribution in [3.63, 3.8) is 0 Å². The third-order valence-electron chi connectivity index (χ3n) is 2.74. The molecule has 0 atom stereocenters. The molecule has 0 aliphatic carbocycles. The summed E-state index contributed by atoms with van der Waals surface area (Å²) in [5.74, 6) is 0.399. The van der Waals surface area contributed by atoms with Gasteiger partial charge >= 0.3 is 5.97 Å². The zero-order chi connectivity index (χ0) is 14.2. The van der Waals surface area contributed by atoms with Crippen molar-refractivity contribution in [3.05, 3.63) is 54.0 Å². The van der Waals surface area contributed by atoms with Crippen LogP contribution in [0.5, 0.6) is 0 Å². The molecule has 5 heteroatoms. The van der Waals surface area contributed by atoms with Crippen LogP contribution in [0.2, 0.25) is 0 Å². The van der Waals surface area contributed by atoms with Crippen molar-refractivity contribution in [1.29, 1.82) is 0 Å². The lowest BCUT2D eigenvalue weighted by molar-refractivity contribution is 0.0526. The zero-order valence-electron chi connectivity index (χ0n) is 11.4. The normalized spacial score (nSPS) is 10.1. The number of anilines is 1. The van der Waals surface area contributed by atoms with Crippen molar-refractivity contribution >= 4 is 11.8 Å². The van der Waals surface area contributed by atoms with Gasteiger partial charge < -0.3 is 10.1 Å². The number of ether oxygens (including phenoxy) is 1. The van der Waals surface area contributed by atoms with Crippen LogP contribution in [0, 0.1) is 0 Å². The molecule has 0 aliphatic heterocycles. The Morgan fingerprint density at radius 2 is 2.05 bits per heavy atom. The first-order valence-corrected chi connectivity index (χ1v) is 6.55. The minimum absolute atomic E-state index is 0.344. The van der Waals surface area contributed by atoms with Gasteiger partial charge in [-0.3, -0.25) is 4.98 Å². The lowest BCUT2D eigenvalue weighted by Gasteiger charge is -2.06. The predicted molar refractivity (Wildman–Crippen MR) is 76.6 cm³/mol. The first-order valence-electron chi connectivity index (χ1n) is 6.55. The molecule has 0 aliphatic rings. The fourth-order valence-corrected chi connectivity index (χ4v) is 1.72. The van der Waals surface area contributed by atoms with Gasteiger partial charge in [0.25, 0.3) is 0 Å². The lowest BCUT2D eigenvalue weighted by Crippen LogP contribution is -2.08. The second-order valence-electron chi connectivity index (χ2n) is 4.18. The standard InChI is InChI=1S/C15H17N3O2/c1-2-20-15(19)13-3-4-14(18-11-13)17-10-7-12-5-8-16-9-6-12/h3-6,8-9,11H,2,7,10H2,1H3,(H,17,18). The molecule has 1 N–H and O–H groups in total. The van der Waals surface area contributed by atoms with Crippen LogP contribution in [0.25, 0.3) is 0 Å². The van der Waals surface area contributed by atoms with Crippen LogP contribution in [-0.2, 0) is 11.2 Å². The number of hydrogen-bond acceptors (Lipinski definition) is 5. The molecule has 0 spiro atoms. The van der Waals surface area contributed by atoms with E-state index < -0.39 is 0 Å². The van der Waals surface area contributed by atoms with E-state index in [1.807, 2.05) is 12.1 Å². The molecule has 0 unspecified atom stereocenters. The van der Waals surface area contributed by atoms with E-state index >= 15 is 0 Å². The molecule has 104 valence electrons. The summed E-state index contributed by atoms with van der Waals surface area (Å²) in [6, 6.07) is 7.45. The highest BCUT2D eigenvalue weighted by Crippen LogP contribution is 2.07. The first-order chi connectivity index (χ1) is 9.79. The average Bonchev–Trinajstić information content (AvgIpc) is 2.49. The van der Waals surface area contributed by atoms with Gasteiger partial charge in [0.2, 0.25) is 0 Å². The molecule has 5 nitrogen and oxygen atoms in total. The van der Waals surface area contributed by atoms with Crippen molar-refractivity contribution < 1.29 is 9.53 Å². The van der Waals surface area contributed by atoms with Gasteiger partial charge in [-0.25, -0.2) is 9.78 Å². The minimum atomic E-state index is -0.344. The van der Waals surface area contributed by atoms with E-state index in [-0.39, 0.29) is 5.97 Å². The Hall–Kier alpha value is -2.43. The van der Waals surface area contributed by atoms with E-state index in [0.29, 0.717) is 12.2 Å². The Balaban J connectivity index is 1.83. The highest BCUT2D eigenvalue weighted by molar-refractivity contribution is 5.89. The molecule has 0 radical (unpaired) electrons. The molecule has 0 amide bonds. The summed E-state index contributed by atoms with van der Waals surface area (Å²) in [6.45, 7) is 2.92. The molecule has 20 heavy (non-hydrogen) atoms. The Labute approximate surface area is 118 Å². The summed E-state index contributed by atoms with van der Waals surface area (Å²) in [4.78, 5) is 19.6. The quantitative estimate of drug-likeness (QED) is 0.817. The van der Waals surface area contributed by atoms with Crippen molar-refractivity contribution in [1.82, 2.24) is 9.97 Å². The number of rotatable bonds is 6. The molecule has 0 saturated carbocycles. The maximum Gasteiger partial charge on any atom is 0.339 e. The molecule has 0 bridgehead atoms. The molecule has 2 heterocycles. The number of aromatic nitrogens is 2. The van der Waals surface area contributed by atoms with Gasteiger partial charge in [0.1, 0.15) is 5.82 Å². The van der Waals surface area contributed by atoms with Gasteiger partial charge in [-0.1, -0.05) is 0 Å². The Bertz CT molecular complexity index is 541. The van der Waals surface area contributed by atoms with Crippen molar-refractivity contribution in [2.24, 2.45) is 0 Å². The maximum atomic E-state index is 11.5. The molecule has 2 aromatic rings. The molecule has 2 rings (SSSR count). The number of nitrogens with zero attached hydrogens (tertiary/aromatic N) is 2. The summed E-state index contributed by atoms with van der Waals surface area (Å²) < 4.78 is 4.90. The summed E-state index contributed by atoms with van der Waals surface area (Å²) in [7, 11) is 0. The minimum Gasteiger partial charge on any atom is -0.462 e. The van der Waals surface area contributed by atoms with Crippen LogP contribution in [0.4, 0.5) is 5.82 Å². The van der Waals surface area contributed by atoms with Crippen LogP contribution >= 0.6 is 0 Å². The number of carbonyl (C=O) groups excluding carboxylic acids is 1. The van der Waals surface area contributed by atoms with Gasteiger partial charge in [-0.05, 0) is 43.2 Å². The highest BCUT2D eigenvalue weighted by atomic mass is 16.5. The van der Waals surface area contributed by atoms with Crippen LogP contribution in [-0.4, -0.2) is 29.1 Å². The molecular formula is C15H17N3O2. The third-order valence-corrected chi connectivity index (χ3v) is 2.74. The molecular weight excluding hydrogens is 254 g/mol. The number of carbonyl (C=O) groups is 1. The van der Waals surface area contributed by atoms with Crippen LogP contribution in [0.15, 0.2) is 42.9 Å². The number of nitrogens with one attached hydrogen (secondary N) is 1. The van der Waals surface area contributed by atoms with E-state index in [1.165, 1.54) is 11.8 Å². The Kier molecular flexibility index (Phi) is 5.06. The van der Waals surface area contributed by atoms with Gasteiger partial charge in [-0.15, -0.1) is 0 Å². The predicted octanol–water partition coefficient (Wildman–Crippen LogP) is 2.31. The van der Waals surface area contributed by atoms with Gasteiger partial charge in [0.15, 0.2) is 0 Å². The summed E-state index contributed by atoms with van der Waals surface area (Å²) in [6.07, 6.45) is 5.97. The van der Waals surface area contributed by atoms with Crippen molar-refractivity contribution in [2.75, 3.05) is 18.5 Å². The maximum absolute atomic E-state index is 11.5. The molecule has 0 fully saturated rings. The topological polar surface area (TPSA) is 64.1 Å². The average molecular weight is 271 g/mol. The highest BCUT2D eigenvalue weighted by Gasteiger charge is 2.06. The molecule has 0 saturated heterocycles. The van der Waals surface area contributed by atoms with E-state index in [9.17, 15) is 4.79 Å². The molecule has 2 aromatic heterocycles. The fourth-order valence-electron chi connectivity index (χ4n) is 1.72. The Morgan fingerprint density at radius 3 is 2.70 bits per heavy atom. The smallest absolute Gasteiger partial charge is 0.339 e. The SMILES string of the molecule is CCOC(=O)c1ccc(NCCc2ccncc2)nc1. The number of pyridine rings is 2. The fraction of sp³-hybridized carbons (Fsp3) is 0.267. The number of hydrogen-bond donors (Lipinski definition) is 1. The first kappa shape index (κ1) is 14.0. The second kappa shape index (κ2) is 7.23. The summed E-state index contributed by atoms with van der Waals surface area (Å²) in [5.41, 5.74) is 1.68. The van der Waals surface area contributed by atoms with Gasteiger partial charge in [0.05, 0.1) is 12.2 Å². The summed E-state index contributed by atoms with van der Waals surface area (Å²) in [5, 5.41) is 3.21. The lowest BCUT2D eigenvalue weighted by atomic mass is 10.2. The van der Waals surface area contributed by atoms with E-state index in [1.54, 1.807) is 31.5 Å². The zero-order valence-corrected chi connectivity index (χ0v) is 11.4. The van der Waals surface area contributed by atoms with Crippen LogP contribution in [0.3, 0.4) is 0 Å². The number of esters is 1. The van der Waals surface area contributed by atoms with Gasteiger partial charge in [-0.2, -0.15) is 0 Å². The summed E-state index contributed by atoms with van der Waals surface area (Å²) >= 11 is 0. The van der Waals surface area contributed by atoms with Gasteiger partial charge in [0, 0.05) is 25.1 Å². The van der Waals surface area contributed by atoms with E-state index in [4.69, 9.17) is 4.74 Å². The Morgan fingerprint density at radius 1 is 1.25 bits per heavy atom. The largest absolute Gasteiger partial charge is 0.462 e. The van der Waals surface area contributed by atoms with Crippen molar-refractivity contribution in [2.45, 2.75) is 13.3 Å². The monoisotopic (exact) mass is 271 g/mol. The van der Waals surface area contributed by atoms with Crippen LogP contribution < -0.4 is 5.32 Å².